The molecule has 0 aliphatic rings. The molecule has 0 radical (unpaired) electrons. The second-order valence-corrected chi connectivity index (χ2v) is 12.3. The monoisotopic (exact) mass is 581 g/mol. The molecule has 208 valence electrons. The number of fused-ring (bicyclic) bond motifs is 7. The van der Waals surface area contributed by atoms with E-state index in [1.54, 1.807) is 0 Å². The Balaban J connectivity index is 1.46. The molecule has 0 unspecified atom stereocenters. The highest BCUT2D eigenvalue weighted by Gasteiger charge is 2.22. The van der Waals surface area contributed by atoms with Gasteiger partial charge in [0.15, 0.2) is 5.82 Å². The molecule has 0 saturated heterocycles. The zero-order valence-corrected chi connectivity index (χ0v) is 25.0. The molecule has 0 atom stereocenters. The van der Waals surface area contributed by atoms with Crippen molar-refractivity contribution in [1.29, 1.82) is 0 Å². The Morgan fingerprint density at radius 1 is 0.591 bits per heavy atom. The number of hydrogen-bond acceptors (Lipinski definition) is 2. The third kappa shape index (κ3) is 3.52. The van der Waals surface area contributed by atoms with Gasteiger partial charge in [-0.05, 0) is 66.1 Å². The highest BCUT2D eigenvalue weighted by molar-refractivity contribution is 7.26. The van der Waals surface area contributed by atoms with Gasteiger partial charge in [0.1, 0.15) is 5.82 Å². The van der Waals surface area contributed by atoms with Crippen LogP contribution < -0.4 is 0 Å². The molecule has 0 amide bonds. The summed E-state index contributed by atoms with van der Waals surface area (Å²) < 4.78 is 7.06. The SMILES string of the molecule is C=Cc1c(C)c2ccccc2n1-c1cc2c(sc3ccc(-c4ccccc4)cc32)c(-n2c3ccccc3c3ccccc32)n1. The fourth-order valence-corrected chi connectivity index (χ4v) is 8.03. The van der Waals surface area contributed by atoms with Gasteiger partial charge in [-0.25, -0.2) is 4.98 Å². The van der Waals surface area contributed by atoms with E-state index in [9.17, 15) is 0 Å². The molecule has 0 aliphatic heterocycles. The van der Waals surface area contributed by atoms with Crippen LogP contribution in [0.3, 0.4) is 0 Å². The molecular weight excluding hydrogens is 555 g/mol. The fourth-order valence-electron chi connectivity index (χ4n) is 6.89. The van der Waals surface area contributed by atoms with Gasteiger partial charge in [-0.15, -0.1) is 11.3 Å². The van der Waals surface area contributed by atoms with Gasteiger partial charge in [0.05, 0.1) is 26.9 Å². The van der Waals surface area contributed by atoms with Crippen molar-refractivity contribution < 1.29 is 0 Å². The highest BCUT2D eigenvalue weighted by Crippen LogP contribution is 2.43. The standard InChI is InChI=1S/C40H27N3S/c1-3-33-25(2)28-15-7-10-18-34(28)42(33)38-24-32-31-23-27(26-13-5-4-6-14-26)21-22-37(31)44-39(32)40(41-38)43-35-19-11-8-16-29(35)30-17-9-12-20-36(30)43/h3-24H,1H2,2H3. The van der Waals surface area contributed by atoms with E-state index in [1.807, 2.05) is 17.4 Å². The molecule has 4 heterocycles. The van der Waals surface area contributed by atoms with E-state index in [1.165, 1.54) is 53.0 Å². The van der Waals surface area contributed by atoms with Gasteiger partial charge < -0.3 is 0 Å². The van der Waals surface area contributed by atoms with E-state index >= 15 is 0 Å². The number of thiophene rings is 1. The summed E-state index contributed by atoms with van der Waals surface area (Å²) in [6, 6.07) is 45.6. The van der Waals surface area contributed by atoms with Crippen molar-refractivity contribution in [3.8, 4) is 22.8 Å². The highest BCUT2D eigenvalue weighted by atomic mass is 32.1. The van der Waals surface area contributed by atoms with Gasteiger partial charge in [0.25, 0.3) is 0 Å². The Labute approximate surface area is 258 Å². The Hall–Kier alpha value is -5.45. The number of pyridine rings is 1. The zero-order valence-electron chi connectivity index (χ0n) is 24.2. The first-order chi connectivity index (χ1) is 21.7. The van der Waals surface area contributed by atoms with E-state index in [2.05, 4.69) is 150 Å². The Kier molecular flexibility index (Phi) is 5.43. The second-order valence-electron chi connectivity index (χ2n) is 11.3. The predicted molar refractivity (Wildman–Crippen MR) is 189 cm³/mol. The first-order valence-electron chi connectivity index (χ1n) is 14.9. The Morgan fingerprint density at radius 3 is 1.89 bits per heavy atom. The first kappa shape index (κ1) is 25.1. The molecule has 9 aromatic rings. The molecule has 0 spiro atoms. The molecule has 0 N–H and O–H groups in total. The van der Waals surface area contributed by atoms with Crippen molar-refractivity contribution in [1.82, 2.24) is 14.1 Å². The lowest BCUT2D eigenvalue weighted by atomic mass is 10.0. The molecule has 4 aromatic heterocycles. The number of aromatic nitrogens is 3. The number of nitrogens with zero attached hydrogens (tertiary/aromatic N) is 3. The van der Waals surface area contributed by atoms with Gasteiger partial charge >= 0.3 is 0 Å². The normalized spacial score (nSPS) is 11.8. The van der Waals surface area contributed by atoms with Gasteiger partial charge in [-0.1, -0.05) is 97.6 Å². The molecule has 4 heteroatoms. The van der Waals surface area contributed by atoms with Crippen LogP contribution in [0.15, 0.2) is 134 Å². The maximum atomic E-state index is 5.55. The van der Waals surface area contributed by atoms with Crippen LogP contribution in [0.5, 0.6) is 0 Å². The van der Waals surface area contributed by atoms with Crippen LogP contribution in [0.4, 0.5) is 0 Å². The molecule has 0 saturated carbocycles. The minimum atomic E-state index is 0.887. The molecule has 9 rings (SSSR count). The van der Waals surface area contributed by atoms with Crippen LogP contribution in [0.1, 0.15) is 11.3 Å². The summed E-state index contributed by atoms with van der Waals surface area (Å²) in [5.41, 5.74) is 8.13. The summed E-state index contributed by atoms with van der Waals surface area (Å²) in [5, 5.41) is 6.11. The number of rotatable bonds is 4. The topological polar surface area (TPSA) is 22.8 Å². The number of benzene rings is 5. The molecule has 3 nitrogen and oxygen atoms in total. The quantitative estimate of drug-likeness (QED) is 0.203. The maximum absolute atomic E-state index is 5.55. The Morgan fingerprint density at radius 2 is 1.20 bits per heavy atom. The number of para-hydroxylation sites is 3. The van der Waals surface area contributed by atoms with Crippen LogP contribution in [-0.4, -0.2) is 14.1 Å². The zero-order chi connectivity index (χ0) is 29.4. The van der Waals surface area contributed by atoms with Crippen LogP contribution in [0.2, 0.25) is 0 Å². The van der Waals surface area contributed by atoms with Crippen molar-refractivity contribution in [2.45, 2.75) is 6.92 Å². The number of hydrogen-bond donors (Lipinski definition) is 0. The molecule has 5 aromatic carbocycles. The van der Waals surface area contributed by atoms with Crippen molar-refractivity contribution >= 4 is 70.3 Å². The lowest BCUT2D eigenvalue weighted by Gasteiger charge is -2.14. The lowest BCUT2D eigenvalue weighted by Crippen LogP contribution is -2.05. The van der Waals surface area contributed by atoms with E-state index < -0.39 is 0 Å². The minimum absolute atomic E-state index is 0.887. The van der Waals surface area contributed by atoms with Crippen molar-refractivity contribution in [3.63, 3.8) is 0 Å². The Bertz CT molecular complexity index is 2530. The molecule has 0 aliphatic carbocycles. The largest absolute Gasteiger partial charge is 0.294 e. The van der Waals surface area contributed by atoms with Crippen LogP contribution in [-0.2, 0) is 0 Å². The number of aryl methyl sites for hydroxylation is 1. The smallest absolute Gasteiger partial charge is 0.158 e. The average Bonchev–Trinajstić information content (AvgIpc) is 3.72. The van der Waals surface area contributed by atoms with E-state index in [4.69, 9.17) is 4.98 Å². The summed E-state index contributed by atoms with van der Waals surface area (Å²) in [6.07, 6.45) is 1.96. The van der Waals surface area contributed by atoms with Gasteiger partial charge in [0, 0.05) is 31.6 Å². The third-order valence-electron chi connectivity index (χ3n) is 8.92. The summed E-state index contributed by atoms with van der Waals surface area (Å²) in [5.74, 6) is 1.83. The molecular formula is C40H27N3S. The second kappa shape index (κ2) is 9.53. The first-order valence-corrected chi connectivity index (χ1v) is 15.7. The molecule has 0 fully saturated rings. The van der Waals surface area contributed by atoms with E-state index in [-0.39, 0.29) is 0 Å². The summed E-state index contributed by atoms with van der Waals surface area (Å²) >= 11 is 1.82. The van der Waals surface area contributed by atoms with Gasteiger partial charge in [-0.3, -0.25) is 9.13 Å². The average molecular weight is 582 g/mol. The lowest BCUT2D eigenvalue weighted by molar-refractivity contribution is 0.997. The maximum Gasteiger partial charge on any atom is 0.158 e. The van der Waals surface area contributed by atoms with Crippen LogP contribution in [0, 0.1) is 6.92 Å². The van der Waals surface area contributed by atoms with Crippen LogP contribution in [0.25, 0.3) is 81.7 Å². The van der Waals surface area contributed by atoms with Crippen molar-refractivity contribution in [2.24, 2.45) is 0 Å². The van der Waals surface area contributed by atoms with Crippen LogP contribution >= 0.6 is 11.3 Å². The van der Waals surface area contributed by atoms with E-state index in [0.29, 0.717) is 0 Å². The summed E-state index contributed by atoms with van der Waals surface area (Å²) in [4.78, 5) is 5.55. The molecule has 44 heavy (non-hydrogen) atoms. The third-order valence-corrected chi connectivity index (χ3v) is 10.1. The predicted octanol–water partition coefficient (Wildman–Crippen LogP) is 11.1. The fraction of sp³-hybridized carbons (Fsp3) is 0.0250. The van der Waals surface area contributed by atoms with Crippen molar-refractivity contribution in [2.75, 3.05) is 0 Å². The van der Waals surface area contributed by atoms with Gasteiger partial charge in [0.2, 0.25) is 0 Å². The minimum Gasteiger partial charge on any atom is -0.294 e. The van der Waals surface area contributed by atoms with E-state index in [0.717, 1.165) is 33.9 Å². The van der Waals surface area contributed by atoms with Crippen molar-refractivity contribution in [3.05, 3.63) is 145 Å². The van der Waals surface area contributed by atoms with Gasteiger partial charge in [-0.2, -0.15) is 0 Å². The summed E-state index contributed by atoms with van der Waals surface area (Å²) in [7, 11) is 0. The summed E-state index contributed by atoms with van der Waals surface area (Å²) in [6.45, 7) is 6.40. The molecule has 0 bridgehead atoms.